The second-order valence-electron chi connectivity index (χ2n) is 1.56. The van der Waals surface area contributed by atoms with E-state index >= 15 is 0 Å². The third-order valence-electron chi connectivity index (χ3n) is 0.861. The molecule has 0 heterocycles. The summed E-state index contributed by atoms with van der Waals surface area (Å²) in [5.41, 5.74) is 0. The van der Waals surface area contributed by atoms with Crippen molar-refractivity contribution < 1.29 is 10.0 Å². The molecule has 0 saturated carbocycles. The molecule has 0 aliphatic carbocycles. The largest absolute Gasteiger partial charge is 0.406 e. The highest BCUT2D eigenvalue weighted by Crippen LogP contribution is 1.96. The van der Waals surface area contributed by atoms with Crippen molar-refractivity contribution in [2.45, 2.75) is 6.92 Å². The first-order chi connectivity index (χ1) is 5.24. The van der Waals surface area contributed by atoms with Crippen molar-refractivity contribution in [1.82, 2.24) is 5.32 Å². The van der Waals surface area contributed by atoms with Gasteiger partial charge in [0, 0.05) is 7.05 Å². The quantitative estimate of drug-likeness (QED) is 0.267. The van der Waals surface area contributed by atoms with E-state index in [1.54, 1.807) is 14.0 Å². The van der Waals surface area contributed by atoms with E-state index in [1.165, 1.54) is 11.8 Å². The summed E-state index contributed by atoms with van der Waals surface area (Å²) in [5.74, 6) is 0. The molecule has 64 valence electrons. The summed E-state index contributed by atoms with van der Waals surface area (Å²) in [7, 11) is 1.57. The van der Waals surface area contributed by atoms with Gasteiger partial charge >= 0.3 is 6.02 Å². The van der Waals surface area contributed by atoms with E-state index in [0.29, 0.717) is 0 Å². The van der Waals surface area contributed by atoms with Gasteiger partial charge in [0.15, 0.2) is 0 Å². The van der Waals surface area contributed by atoms with E-state index in [1.807, 2.05) is 6.26 Å². The lowest BCUT2D eigenvalue weighted by atomic mass is 10.9. The number of hydrogen-bond acceptors (Lipinski definition) is 5. The normalized spacial score (nSPS) is 13.0. The van der Waals surface area contributed by atoms with Crippen molar-refractivity contribution in [2.24, 2.45) is 10.3 Å². The van der Waals surface area contributed by atoms with Crippen LogP contribution in [0.2, 0.25) is 0 Å². The molecule has 0 aromatic rings. The monoisotopic (exact) mass is 177 g/mol. The Morgan fingerprint density at radius 1 is 1.64 bits per heavy atom. The Bertz CT molecular complexity index is 169. The molecule has 0 fully saturated rings. The molecule has 0 spiro atoms. The molecule has 0 aromatic carbocycles. The van der Waals surface area contributed by atoms with Crippen LogP contribution in [0.4, 0.5) is 0 Å². The van der Waals surface area contributed by atoms with Gasteiger partial charge in [-0.2, -0.15) is 0 Å². The lowest BCUT2D eigenvalue weighted by Gasteiger charge is -1.98. The molecule has 0 atom stereocenters. The third-order valence-corrected chi connectivity index (χ3v) is 1.53. The van der Waals surface area contributed by atoms with Crippen molar-refractivity contribution in [2.75, 3.05) is 13.3 Å². The minimum absolute atomic E-state index is 0.0293. The van der Waals surface area contributed by atoms with Gasteiger partial charge in [-0.15, -0.1) is 11.8 Å². The van der Waals surface area contributed by atoms with Crippen molar-refractivity contribution in [3.63, 3.8) is 0 Å². The molecule has 2 N–H and O–H groups in total. The zero-order valence-electron chi connectivity index (χ0n) is 6.66. The van der Waals surface area contributed by atoms with Crippen LogP contribution in [0.1, 0.15) is 6.92 Å². The number of amidine groups is 1. The molecule has 0 saturated heterocycles. The van der Waals surface area contributed by atoms with Gasteiger partial charge in [0.1, 0.15) is 5.04 Å². The number of thioether (sulfide) groups is 1. The van der Waals surface area contributed by atoms with Gasteiger partial charge in [0.05, 0.1) is 0 Å². The fourth-order valence-corrected chi connectivity index (χ4v) is 0.370. The molecule has 0 radical (unpaired) electrons. The molecule has 11 heavy (non-hydrogen) atoms. The third kappa shape index (κ3) is 4.49. The summed E-state index contributed by atoms with van der Waals surface area (Å²) in [6, 6.07) is -0.0293. The van der Waals surface area contributed by atoms with Crippen LogP contribution in [0.15, 0.2) is 10.3 Å². The molecule has 0 rings (SSSR count). The standard InChI is InChI=1S/C5H11N3O2S/c1-4(11-3)8-10-5(6-2)7-9/h9H,1-3H3,(H,6,7)/b8-4+. The Morgan fingerprint density at radius 3 is 2.64 bits per heavy atom. The number of hydrogen-bond donors (Lipinski definition) is 2. The van der Waals surface area contributed by atoms with Crippen LogP contribution in [-0.4, -0.2) is 29.6 Å². The van der Waals surface area contributed by atoms with E-state index in [2.05, 4.69) is 20.5 Å². The average molecular weight is 177 g/mol. The van der Waals surface area contributed by atoms with Crippen LogP contribution >= 0.6 is 11.8 Å². The van der Waals surface area contributed by atoms with E-state index in [0.717, 1.165) is 5.04 Å². The fraction of sp³-hybridized carbons (Fsp3) is 0.600. The minimum atomic E-state index is -0.0293. The van der Waals surface area contributed by atoms with Crippen molar-refractivity contribution in [1.29, 1.82) is 0 Å². The molecule has 0 aliphatic rings. The SMILES string of the molecule is CN/C(=N\O)O/N=C(\C)SC. The number of nitrogens with zero attached hydrogens (tertiary/aromatic N) is 2. The van der Waals surface area contributed by atoms with Gasteiger partial charge in [-0.05, 0) is 18.3 Å². The Hall–Kier alpha value is -0.910. The second-order valence-corrected chi connectivity index (χ2v) is 2.56. The first kappa shape index (κ1) is 10.1. The summed E-state index contributed by atoms with van der Waals surface area (Å²) >= 11 is 1.45. The predicted octanol–water partition coefficient (Wildman–Crippen LogP) is 0.664. The van der Waals surface area contributed by atoms with Gasteiger partial charge in [0.25, 0.3) is 0 Å². The Labute approximate surface area is 69.5 Å². The summed E-state index contributed by atoms with van der Waals surface area (Å²) in [4.78, 5) is 4.65. The van der Waals surface area contributed by atoms with Gasteiger partial charge in [0.2, 0.25) is 0 Å². The summed E-state index contributed by atoms with van der Waals surface area (Å²) in [6.07, 6.45) is 1.87. The molecular weight excluding hydrogens is 166 g/mol. The van der Waals surface area contributed by atoms with Crippen molar-refractivity contribution >= 4 is 22.8 Å². The number of oxime groups is 2. The summed E-state index contributed by atoms with van der Waals surface area (Å²) in [6.45, 7) is 1.79. The fourth-order valence-electron chi connectivity index (χ4n) is 0.259. The zero-order chi connectivity index (χ0) is 8.69. The Kier molecular flexibility index (Phi) is 5.36. The highest BCUT2D eigenvalue weighted by atomic mass is 32.2. The van der Waals surface area contributed by atoms with E-state index in [-0.39, 0.29) is 6.02 Å². The van der Waals surface area contributed by atoms with Crippen LogP contribution in [-0.2, 0) is 4.84 Å². The minimum Gasteiger partial charge on any atom is -0.406 e. The molecule has 0 aromatic heterocycles. The lowest BCUT2D eigenvalue weighted by molar-refractivity contribution is 0.254. The van der Waals surface area contributed by atoms with Crippen LogP contribution in [0.25, 0.3) is 0 Å². The maximum absolute atomic E-state index is 8.24. The van der Waals surface area contributed by atoms with Crippen molar-refractivity contribution in [3.8, 4) is 0 Å². The molecule has 5 nitrogen and oxygen atoms in total. The highest BCUT2D eigenvalue weighted by molar-refractivity contribution is 8.13. The molecule has 6 heteroatoms. The zero-order valence-corrected chi connectivity index (χ0v) is 7.47. The van der Waals surface area contributed by atoms with Crippen LogP contribution < -0.4 is 5.32 Å². The van der Waals surface area contributed by atoms with Gasteiger partial charge < -0.3 is 15.4 Å². The molecule has 0 unspecified atom stereocenters. The van der Waals surface area contributed by atoms with Crippen LogP contribution in [0, 0.1) is 0 Å². The second kappa shape index (κ2) is 5.84. The average Bonchev–Trinajstić information content (AvgIpc) is 2.06. The number of nitrogens with one attached hydrogen (secondary N) is 1. The van der Waals surface area contributed by atoms with Crippen LogP contribution in [0.5, 0.6) is 0 Å². The van der Waals surface area contributed by atoms with Gasteiger partial charge in [-0.25, -0.2) is 0 Å². The molecule has 0 amide bonds. The molecular formula is C5H11N3O2S. The summed E-state index contributed by atoms with van der Waals surface area (Å²) < 4.78 is 0. The Balaban J connectivity index is 3.85. The maximum atomic E-state index is 8.24. The lowest BCUT2D eigenvalue weighted by Crippen LogP contribution is -2.19. The van der Waals surface area contributed by atoms with E-state index in [9.17, 15) is 0 Å². The molecule has 0 aliphatic heterocycles. The predicted molar refractivity (Wildman–Crippen MR) is 46.0 cm³/mol. The van der Waals surface area contributed by atoms with E-state index < -0.39 is 0 Å². The molecule has 0 bridgehead atoms. The van der Waals surface area contributed by atoms with Gasteiger partial charge in [-0.1, -0.05) is 5.16 Å². The topological polar surface area (TPSA) is 66.2 Å². The summed E-state index contributed by atoms with van der Waals surface area (Å²) in [5, 5.41) is 17.9. The van der Waals surface area contributed by atoms with Crippen molar-refractivity contribution in [3.05, 3.63) is 0 Å². The first-order valence-corrected chi connectivity index (χ1v) is 4.12. The number of rotatable bonds is 1. The van der Waals surface area contributed by atoms with Crippen LogP contribution in [0.3, 0.4) is 0 Å². The van der Waals surface area contributed by atoms with Gasteiger partial charge in [-0.3, -0.25) is 0 Å². The Morgan fingerprint density at radius 2 is 2.27 bits per heavy atom. The van der Waals surface area contributed by atoms with E-state index in [4.69, 9.17) is 5.21 Å². The maximum Gasteiger partial charge on any atom is 0.352 e. The highest BCUT2D eigenvalue weighted by Gasteiger charge is 1.94. The smallest absolute Gasteiger partial charge is 0.352 e. The first-order valence-electron chi connectivity index (χ1n) is 2.90.